The Hall–Kier alpha value is -1.96. The van der Waals surface area contributed by atoms with Crippen molar-refractivity contribution in [1.29, 1.82) is 0 Å². The van der Waals surface area contributed by atoms with Crippen molar-refractivity contribution in [2.75, 3.05) is 31.6 Å². The standard InChI is InChI=1S/C12H19N5O3/c1-3-16(7-9-5-4-6-13-9)11-10(17(18)19)12(20-2)15-8-14-11/h8-9,13H,3-7H2,1-2H3. The van der Waals surface area contributed by atoms with Gasteiger partial charge in [-0.25, -0.2) is 4.98 Å². The predicted molar refractivity (Wildman–Crippen MR) is 74.2 cm³/mol. The smallest absolute Gasteiger partial charge is 0.372 e. The molecule has 8 nitrogen and oxygen atoms in total. The fraction of sp³-hybridized carbons (Fsp3) is 0.667. The molecule has 0 radical (unpaired) electrons. The van der Waals surface area contributed by atoms with Crippen LogP contribution in [0, 0.1) is 10.1 Å². The number of hydrogen-bond acceptors (Lipinski definition) is 7. The first kappa shape index (κ1) is 14.4. The van der Waals surface area contributed by atoms with Gasteiger partial charge in [-0.3, -0.25) is 10.1 Å². The van der Waals surface area contributed by atoms with Crippen LogP contribution in [-0.4, -0.2) is 47.7 Å². The average Bonchev–Trinajstić information content (AvgIpc) is 2.96. The van der Waals surface area contributed by atoms with Crippen LogP contribution in [-0.2, 0) is 0 Å². The van der Waals surface area contributed by atoms with E-state index in [0.717, 1.165) is 19.4 Å². The van der Waals surface area contributed by atoms with Crippen molar-refractivity contribution in [1.82, 2.24) is 15.3 Å². The first-order chi connectivity index (χ1) is 9.67. The van der Waals surface area contributed by atoms with Crippen molar-refractivity contribution in [3.63, 3.8) is 0 Å². The van der Waals surface area contributed by atoms with E-state index >= 15 is 0 Å². The summed E-state index contributed by atoms with van der Waals surface area (Å²) in [5.74, 6) is 0.316. The van der Waals surface area contributed by atoms with Crippen molar-refractivity contribution in [3.8, 4) is 5.88 Å². The van der Waals surface area contributed by atoms with E-state index in [9.17, 15) is 10.1 Å². The molecule has 1 fully saturated rings. The zero-order valence-corrected chi connectivity index (χ0v) is 11.7. The number of likely N-dealkylation sites (N-methyl/N-ethyl adjacent to an activating group) is 1. The molecule has 0 spiro atoms. The normalized spacial score (nSPS) is 18.0. The Labute approximate surface area is 117 Å². The van der Waals surface area contributed by atoms with Crippen molar-refractivity contribution >= 4 is 11.5 Å². The van der Waals surface area contributed by atoms with Gasteiger partial charge in [0.1, 0.15) is 6.33 Å². The van der Waals surface area contributed by atoms with Gasteiger partial charge in [0.05, 0.1) is 12.0 Å². The fourth-order valence-electron chi connectivity index (χ4n) is 2.44. The maximum Gasteiger partial charge on any atom is 0.372 e. The Kier molecular flexibility index (Phi) is 4.67. The van der Waals surface area contributed by atoms with E-state index in [4.69, 9.17) is 4.74 Å². The number of hydrogen-bond donors (Lipinski definition) is 1. The average molecular weight is 281 g/mol. The molecule has 2 rings (SSSR count). The number of methoxy groups -OCH3 is 1. The number of anilines is 1. The second-order valence-corrected chi connectivity index (χ2v) is 4.64. The van der Waals surface area contributed by atoms with Gasteiger partial charge in [-0.05, 0) is 26.3 Å². The third-order valence-corrected chi connectivity index (χ3v) is 3.43. The van der Waals surface area contributed by atoms with Crippen LogP contribution in [0.15, 0.2) is 6.33 Å². The Morgan fingerprint density at radius 3 is 2.95 bits per heavy atom. The second-order valence-electron chi connectivity index (χ2n) is 4.64. The first-order valence-electron chi connectivity index (χ1n) is 6.69. The minimum atomic E-state index is -0.487. The summed E-state index contributed by atoms with van der Waals surface area (Å²) in [6.45, 7) is 4.28. The van der Waals surface area contributed by atoms with E-state index in [0.29, 0.717) is 24.9 Å². The molecule has 0 aromatic carbocycles. The monoisotopic (exact) mass is 281 g/mol. The summed E-state index contributed by atoms with van der Waals surface area (Å²) in [6.07, 6.45) is 3.51. The summed E-state index contributed by atoms with van der Waals surface area (Å²) >= 11 is 0. The molecule has 8 heteroatoms. The van der Waals surface area contributed by atoms with Crippen LogP contribution in [0.25, 0.3) is 0 Å². The van der Waals surface area contributed by atoms with Gasteiger partial charge in [0, 0.05) is 19.1 Å². The lowest BCUT2D eigenvalue weighted by molar-refractivity contribution is -0.385. The largest absolute Gasteiger partial charge is 0.476 e. The van der Waals surface area contributed by atoms with Crippen LogP contribution in [0.1, 0.15) is 19.8 Å². The van der Waals surface area contributed by atoms with E-state index in [1.165, 1.54) is 13.4 Å². The van der Waals surface area contributed by atoms with Gasteiger partial charge in [-0.1, -0.05) is 0 Å². The summed E-state index contributed by atoms with van der Waals surface area (Å²) in [6, 6.07) is 0.343. The number of aromatic nitrogens is 2. The topological polar surface area (TPSA) is 93.4 Å². The van der Waals surface area contributed by atoms with Gasteiger partial charge in [0.25, 0.3) is 5.88 Å². The Balaban J connectivity index is 2.30. The maximum absolute atomic E-state index is 11.3. The molecule has 1 aromatic heterocycles. The molecular weight excluding hydrogens is 262 g/mol. The molecule has 0 aliphatic carbocycles. The van der Waals surface area contributed by atoms with Crippen LogP contribution >= 0.6 is 0 Å². The molecule has 1 saturated heterocycles. The van der Waals surface area contributed by atoms with Gasteiger partial charge in [-0.15, -0.1) is 0 Å². The van der Waals surface area contributed by atoms with Gasteiger partial charge in [0.15, 0.2) is 0 Å². The van der Waals surface area contributed by atoms with Gasteiger partial charge in [-0.2, -0.15) is 4.98 Å². The zero-order chi connectivity index (χ0) is 14.5. The lowest BCUT2D eigenvalue weighted by Gasteiger charge is -2.25. The van der Waals surface area contributed by atoms with Gasteiger partial charge in [0.2, 0.25) is 5.82 Å². The van der Waals surface area contributed by atoms with E-state index in [-0.39, 0.29) is 11.6 Å². The fourth-order valence-corrected chi connectivity index (χ4v) is 2.44. The molecule has 0 saturated carbocycles. The zero-order valence-electron chi connectivity index (χ0n) is 11.7. The highest BCUT2D eigenvalue weighted by molar-refractivity contribution is 5.62. The summed E-state index contributed by atoms with van der Waals surface area (Å²) in [5.41, 5.74) is -0.171. The van der Waals surface area contributed by atoms with E-state index in [1.54, 1.807) is 0 Å². The number of nitrogens with zero attached hydrogens (tertiary/aromatic N) is 4. The lowest BCUT2D eigenvalue weighted by Crippen LogP contribution is -2.38. The summed E-state index contributed by atoms with van der Waals surface area (Å²) in [4.78, 5) is 20.6. The molecule has 0 amide bonds. The third-order valence-electron chi connectivity index (χ3n) is 3.43. The minimum Gasteiger partial charge on any atom is -0.476 e. The second kappa shape index (κ2) is 6.47. The molecule has 1 aliphatic rings. The van der Waals surface area contributed by atoms with Crippen molar-refractivity contribution < 1.29 is 9.66 Å². The predicted octanol–water partition coefficient (Wildman–Crippen LogP) is 0.972. The highest BCUT2D eigenvalue weighted by atomic mass is 16.6. The van der Waals surface area contributed by atoms with Crippen LogP contribution in [0.3, 0.4) is 0 Å². The van der Waals surface area contributed by atoms with Crippen LogP contribution in [0.4, 0.5) is 11.5 Å². The molecule has 1 unspecified atom stereocenters. The first-order valence-corrected chi connectivity index (χ1v) is 6.69. The lowest BCUT2D eigenvalue weighted by atomic mass is 10.2. The SMILES string of the molecule is CCN(CC1CCCN1)c1ncnc(OC)c1[N+](=O)[O-]. The summed E-state index contributed by atoms with van der Waals surface area (Å²) in [5, 5.41) is 14.6. The summed E-state index contributed by atoms with van der Waals surface area (Å²) < 4.78 is 4.98. The minimum absolute atomic E-state index is 0.00201. The van der Waals surface area contributed by atoms with Gasteiger partial charge >= 0.3 is 5.69 Å². The molecule has 1 atom stereocenters. The van der Waals surface area contributed by atoms with E-state index < -0.39 is 4.92 Å². The van der Waals surface area contributed by atoms with Gasteiger partial charge < -0.3 is 15.0 Å². The summed E-state index contributed by atoms with van der Waals surface area (Å²) in [7, 11) is 1.37. The highest BCUT2D eigenvalue weighted by Gasteiger charge is 2.29. The molecule has 20 heavy (non-hydrogen) atoms. The molecule has 1 aliphatic heterocycles. The van der Waals surface area contributed by atoms with E-state index in [2.05, 4.69) is 15.3 Å². The van der Waals surface area contributed by atoms with Crippen LogP contribution in [0.5, 0.6) is 5.88 Å². The van der Waals surface area contributed by atoms with Crippen LogP contribution < -0.4 is 15.0 Å². The number of rotatable bonds is 6. The Morgan fingerprint density at radius 2 is 2.40 bits per heavy atom. The molecule has 1 aromatic rings. The quantitative estimate of drug-likeness (QED) is 0.613. The molecule has 2 heterocycles. The number of nitrogens with one attached hydrogen (secondary N) is 1. The third kappa shape index (κ3) is 2.96. The molecule has 1 N–H and O–H groups in total. The highest BCUT2D eigenvalue weighted by Crippen LogP contribution is 2.33. The Morgan fingerprint density at radius 1 is 1.60 bits per heavy atom. The number of ether oxygens (including phenoxy) is 1. The van der Waals surface area contributed by atoms with Crippen LogP contribution in [0.2, 0.25) is 0 Å². The van der Waals surface area contributed by atoms with Crippen molar-refractivity contribution in [2.24, 2.45) is 0 Å². The van der Waals surface area contributed by atoms with E-state index in [1.807, 2.05) is 11.8 Å². The number of nitro groups is 1. The molecular formula is C12H19N5O3. The maximum atomic E-state index is 11.3. The molecule has 110 valence electrons. The van der Waals surface area contributed by atoms with Crippen molar-refractivity contribution in [2.45, 2.75) is 25.8 Å². The van der Waals surface area contributed by atoms with Crippen molar-refractivity contribution in [3.05, 3.63) is 16.4 Å². The Bertz CT molecular complexity index is 476. The molecule has 0 bridgehead atoms.